The molecule has 1 fully saturated rings. The molecule has 0 radical (unpaired) electrons. The Morgan fingerprint density at radius 1 is 1.30 bits per heavy atom. The standard InChI is InChI=1S/C13H14BrN5O/c14-11-6-10(7-15-8-11)12-9-19(17-16-12)5-4-18-3-1-2-13(18)20/h6-9H,1-5H2. The largest absolute Gasteiger partial charge is 0.341 e. The van der Waals surface area contributed by atoms with Gasteiger partial charge in [-0.25, -0.2) is 0 Å². The van der Waals surface area contributed by atoms with E-state index in [-0.39, 0.29) is 5.91 Å². The van der Waals surface area contributed by atoms with E-state index < -0.39 is 0 Å². The number of nitrogens with zero attached hydrogens (tertiary/aromatic N) is 5. The van der Waals surface area contributed by atoms with Crippen LogP contribution in [-0.4, -0.2) is 43.9 Å². The first-order chi connectivity index (χ1) is 9.72. The SMILES string of the molecule is O=C1CCCN1CCn1cc(-c2cncc(Br)c2)nn1. The van der Waals surface area contributed by atoms with Crippen molar-refractivity contribution >= 4 is 21.8 Å². The van der Waals surface area contributed by atoms with Crippen LogP contribution in [0.15, 0.2) is 29.1 Å². The Kier molecular flexibility index (Phi) is 3.77. The number of pyridine rings is 1. The summed E-state index contributed by atoms with van der Waals surface area (Å²) in [6.45, 7) is 2.22. The highest BCUT2D eigenvalue weighted by molar-refractivity contribution is 9.10. The molecule has 1 amide bonds. The van der Waals surface area contributed by atoms with E-state index >= 15 is 0 Å². The molecule has 1 aliphatic heterocycles. The number of aromatic nitrogens is 4. The molecule has 0 aliphatic carbocycles. The second kappa shape index (κ2) is 5.70. The van der Waals surface area contributed by atoms with Crippen molar-refractivity contribution in [3.8, 4) is 11.3 Å². The zero-order valence-corrected chi connectivity index (χ0v) is 12.5. The lowest BCUT2D eigenvalue weighted by molar-refractivity contribution is -0.127. The van der Waals surface area contributed by atoms with Crippen LogP contribution in [0.25, 0.3) is 11.3 Å². The molecular weight excluding hydrogens is 322 g/mol. The van der Waals surface area contributed by atoms with Crippen molar-refractivity contribution in [2.24, 2.45) is 0 Å². The number of carbonyl (C=O) groups excluding carboxylic acids is 1. The smallest absolute Gasteiger partial charge is 0.222 e. The van der Waals surface area contributed by atoms with Gasteiger partial charge in [-0.15, -0.1) is 5.10 Å². The maximum absolute atomic E-state index is 11.5. The van der Waals surface area contributed by atoms with Crippen molar-refractivity contribution in [3.05, 3.63) is 29.1 Å². The summed E-state index contributed by atoms with van der Waals surface area (Å²) < 4.78 is 2.68. The van der Waals surface area contributed by atoms with Gasteiger partial charge >= 0.3 is 0 Å². The van der Waals surface area contributed by atoms with Gasteiger partial charge in [0.1, 0.15) is 5.69 Å². The normalized spacial score (nSPS) is 15.1. The third kappa shape index (κ3) is 2.87. The summed E-state index contributed by atoms with van der Waals surface area (Å²) in [6, 6.07) is 1.95. The molecule has 20 heavy (non-hydrogen) atoms. The summed E-state index contributed by atoms with van der Waals surface area (Å²) in [4.78, 5) is 17.5. The Labute approximate surface area is 124 Å². The van der Waals surface area contributed by atoms with E-state index in [1.165, 1.54) is 0 Å². The van der Waals surface area contributed by atoms with Gasteiger partial charge < -0.3 is 4.90 Å². The minimum Gasteiger partial charge on any atom is -0.341 e. The van der Waals surface area contributed by atoms with E-state index in [0.717, 1.165) is 28.7 Å². The Morgan fingerprint density at radius 3 is 2.95 bits per heavy atom. The maximum Gasteiger partial charge on any atom is 0.222 e. The molecule has 0 bridgehead atoms. The second-order valence-corrected chi connectivity index (χ2v) is 5.66. The molecule has 0 N–H and O–H groups in total. The molecule has 0 atom stereocenters. The van der Waals surface area contributed by atoms with Gasteiger partial charge in [0, 0.05) is 41.9 Å². The highest BCUT2D eigenvalue weighted by Gasteiger charge is 2.19. The van der Waals surface area contributed by atoms with Gasteiger partial charge in [0.2, 0.25) is 5.91 Å². The van der Waals surface area contributed by atoms with Crippen molar-refractivity contribution in [2.45, 2.75) is 19.4 Å². The van der Waals surface area contributed by atoms with E-state index in [1.807, 2.05) is 17.2 Å². The van der Waals surface area contributed by atoms with Crippen LogP contribution in [0.3, 0.4) is 0 Å². The molecule has 0 spiro atoms. The number of hydrogen-bond donors (Lipinski definition) is 0. The lowest BCUT2D eigenvalue weighted by Crippen LogP contribution is -2.28. The van der Waals surface area contributed by atoms with Crippen LogP contribution in [0.5, 0.6) is 0 Å². The minimum absolute atomic E-state index is 0.238. The van der Waals surface area contributed by atoms with E-state index in [0.29, 0.717) is 19.5 Å². The molecule has 0 unspecified atom stereocenters. The summed E-state index contributed by atoms with van der Waals surface area (Å²) in [5.74, 6) is 0.238. The number of likely N-dealkylation sites (tertiary alicyclic amines) is 1. The van der Waals surface area contributed by atoms with Gasteiger partial charge in [-0.1, -0.05) is 5.21 Å². The lowest BCUT2D eigenvalue weighted by atomic mass is 10.2. The molecule has 3 rings (SSSR count). The average molecular weight is 336 g/mol. The van der Waals surface area contributed by atoms with Crippen LogP contribution in [0.4, 0.5) is 0 Å². The summed E-state index contributed by atoms with van der Waals surface area (Å²) in [6.07, 6.45) is 7.00. The van der Waals surface area contributed by atoms with Crippen LogP contribution in [0, 0.1) is 0 Å². The van der Waals surface area contributed by atoms with E-state index in [9.17, 15) is 4.79 Å². The fraction of sp³-hybridized carbons (Fsp3) is 0.385. The molecule has 3 heterocycles. The molecule has 0 aromatic carbocycles. The molecule has 2 aromatic heterocycles. The van der Waals surface area contributed by atoms with Crippen LogP contribution in [-0.2, 0) is 11.3 Å². The molecule has 0 saturated carbocycles. The second-order valence-electron chi connectivity index (χ2n) is 4.74. The average Bonchev–Trinajstić information content (AvgIpc) is 3.05. The third-order valence-corrected chi connectivity index (χ3v) is 3.74. The maximum atomic E-state index is 11.5. The lowest BCUT2D eigenvalue weighted by Gasteiger charge is -2.14. The van der Waals surface area contributed by atoms with Crippen LogP contribution < -0.4 is 0 Å². The van der Waals surface area contributed by atoms with E-state index in [1.54, 1.807) is 17.1 Å². The van der Waals surface area contributed by atoms with Crippen LogP contribution in [0.1, 0.15) is 12.8 Å². The van der Waals surface area contributed by atoms with Crippen molar-refractivity contribution in [3.63, 3.8) is 0 Å². The predicted molar refractivity (Wildman–Crippen MR) is 76.8 cm³/mol. The fourth-order valence-electron chi connectivity index (χ4n) is 2.26. The van der Waals surface area contributed by atoms with Gasteiger partial charge in [0.05, 0.1) is 12.7 Å². The molecule has 2 aromatic rings. The first-order valence-corrected chi connectivity index (χ1v) is 7.30. The van der Waals surface area contributed by atoms with Crippen molar-refractivity contribution in [1.29, 1.82) is 0 Å². The first kappa shape index (κ1) is 13.2. The quantitative estimate of drug-likeness (QED) is 0.853. The Balaban J connectivity index is 1.66. The Bertz CT molecular complexity index is 627. The number of hydrogen-bond acceptors (Lipinski definition) is 4. The van der Waals surface area contributed by atoms with Gasteiger partial charge in [0.25, 0.3) is 0 Å². The predicted octanol–water partition coefficient (Wildman–Crippen LogP) is 1.72. The number of halogens is 1. The van der Waals surface area contributed by atoms with Crippen LogP contribution >= 0.6 is 15.9 Å². The summed E-state index contributed by atoms with van der Waals surface area (Å²) in [5, 5.41) is 8.23. The minimum atomic E-state index is 0.238. The number of carbonyl (C=O) groups is 1. The zero-order chi connectivity index (χ0) is 13.9. The summed E-state index contributed by atoms with van der Waals surface area (Å²) >= 11 is 3.39. The van der Waals surface area contributed by atoms with Gasteiger partial charge in [0.15, 0.2) is 0 Å². The topological polar surface area (TPSA) is 63.9 Å². The van der Waals surface area contributed by atoms with Gasteiger partial charge in [-0.05, 0) is 28.4 Å². The summed E-state index contributed by atoms with van der Waals surface area (Å²) in [5.41, 5.74) is 1.70. The third-order valence-electron chi connectivity index (χ3n) is 3.31. The molecule has 7 heteroatoms. The number of rotatable bonds is 4. The first-order valence-electron chi connectivity index (χ1n) is 6.51. The number of amides is 1. The molecule has 1 aliphatic rings. The van der Waals surface area contributed by atoms with Crippen molar-refractivity contribution < 1.29 is 4.79 Å². The van der Waals surface area contributed by atoms with E-state index in [2.05, 4.69) is 31.2 Å². The molecule has 6 nitrogen and oxygen atoms in total. The highest BCUT2D eigenvalue weighted by atomic mass is 79.9. The zero-order valence-electron chi connectivity index (χ0n) is 10.9. The molecule has 1 saturated heterocycles. The monoisotopic (exact) mass is 335 g/mol. The molecule has 104 valence electrons. The fourth-order valence-corrected chi connectivity index (χ4v) is 2.62. The summed E-state index contributed by atoms with van der Waals surface area (Å²) in [7, 11) is 0. The highest BCUT2D eigenvalue weighted by Crippen LogP contribution is 2.19. The Hall–Kier alpha value is -1.76. The van der Waals surface area contributed by atoms with Gasteiger partial charge in [-0.3, -0.25) is 14.5 Å². The van der Waals surface area contributed by atoms with Crippen LogP contribution in [0.2, 0.25) is 0 Å². The van der Waals surface area contributed by atoms with Crippen molar-refractivity contribution in [2.75, 3.05) is 13.1 Å². The molecular formula is C13H14BrN5O. The van der Waals surface area contributed by atoms with E-state index in [4.69, 9.17) is 0 Å². The Morgan fingerprint density at radius 2 is 2.20 bits per heavy atom. The van der Waals surface area contributed by atoms with Crippen molar-refractivity contribution in [1.82, 2.24) is 24.9 Å². The van der Waals surface area contributed by atoms with Gasteiger partial charge in [-0.2, -0.15) is 0 Å².